The highest BCUT2D eigenvalue weighted by atomic mass is 35.5. The average Bonchev–Trinajstić information content (AvgIpc) is 2.03. The van der Waals surface area contributed by atoms with Gasteiger partial charge in [-0.15, -0.1) is 0 Å². The SMILES string of the molecule is C=C(Cl)c1ccc(C(C)(C)C)cc1. The van der Waals surface area contributed by atoms with Crippen molar-refractivity contribution in [2.45, 2.75) is 26.2 Å². The van der Waals surface area contributed by atoms with Gasteiger partial charge >= 0.3 is 0 Å². The van der Waals surface area contributed by atoms with Crippen molar-refractivity contribution in [2.24, 2.45) is 0 Å². The molecule has 1 aromatic rings. The van der Waals surface area contributed by atoms with E-state index in [0.717, 1.165) is 5.56 Å². The third kappa shape index (κ3) is 2.60. The van der Waals surface area contributed by atoms with Gasteiger partial charge in [0.25, 0.3) is 0 Å². The Balaban J connectivity index is 3.01. The molecule has 0 saturated carbocycles. The second-order valence-electron chi connectivity index (χ2n) is 4.23. The highest BCUT2D eigenvalue weighted by molar-refractivity contribution is 6.48. The van der Waals surface area contributed by atoms with Crippen LogP contribution in [-0.2, 0) is 5.41 Å². The van der Waals surface area contributed by atoms with Crippen molar-refractivity contribution in [2.75, 3.05) is 0 Å². The molecule has 0 N–H and O–H groups in total. The highest BCUT2D eigenvalue weighted by Crippen LogP contribution is 2.24. The number of hydrogen-bond donors (Lipinski definition) is 0. The second-order valence-corrected chi connectivity index (χ2v) is 4.69. The fraction of sp³-hybridized carbons (Fsp3) is 0.333. The second kappa shape index (κ2) is 3.55. The van der Waals surface area contributed by atoms with Crippen molar-refractivity contribution in [3.8, 4) is 0 Å². The molecular formula is C12H15Cl. The standard InChI is InChI=1S/C12H15Cl/c1-9(13)10-5-7-11(8-6-10)12(2,3)4/h5-8H,1H2,2-4H3. The Bertz CT molecular complexity index is 301. The molecule has 0 fully saturated rings. The van der Waals surface area contributed by atoms with Crippen LogP contribution in [-0.4, -0.2) is 0 Å². The summed E-state index contributed by atoms with van der Waals surface area (Å²) in [6.45, 7) is 10.3. The first-order valence-electron chi connectivity index (χ1n) is 4.36. The van der Waals surface area contributed by atoms with Crippen molar-refractivity contribution in [1.82, 2.24) is 0 Å². The monoisotopic (exact) mass is 194 g/mol. The van der Waals surface area contributed by atoms with Gasteiger partial charge in [0.05, 0.1) is 0 Å². The van der Waals surface area contributed by atoms with Crippen LogP contribution in [0.2, 0.25) is 0 Å². The van der Waals surface area contributed by atoms with Crippen LogP contribution in [0.1, 0.15) is 31.9 Å². The Hall–Kier alpha value is -0.750. The Morgan fingerprint density at radius 2 is 1.62 bits per heavy atom. The van der Waals surface area contributed by atoms with Crippen LogP contribution >= 0.6 is 11.6 Å². The zero-order chi connectivity index (χ0) is 10.1. The number of benzene rings is 1. The van der Waals surface area contributed by atoms with Crippen molar-refractivity contribution in [1.29, 1.82) is 0 Å². The van der Waals surface area contributed by atoms with Gasteiger partial charge in [0.2, 0.25) is 0 Å². The third-order valence-electron chi connectivity index (χ3n) is 2.06. The Morgan fingerprint density at radius 1 is 1.15 bits per heavy atom. The van der Waals surface area contributed by atoms with Gasteiger partial charge in [-0.3, -0.25) is 0 Å². The van der Waals surface area contributed by atoms with E-state index < -0.39 is 0 Å². The fourth-order valence-electron chi connectivity index (χ4n) is 1.15. The lowest BCUT2D eigenvalue weighted by Crippen LogP contribution is -2.10. The molecule has 1 rings (SSSR count). The van der Waals surface area contributed by atoms with Crippen LogP contribution in [0.25, 0.3) is 5.03 Å². The Kier molecular flexibility index (Phi) is 2.82. The van der Waals surface area contributed by atoms with Gasteiger partial charge in [-0.25, -0.2) is 0 Å². The molecule has 0 heterocycles. The maximum absolute atomic E-state index is 5.78. The van der Waals surface area contributed by atoms with E-state index in [1.54, 1.807) is 0 Å². The molecule has 0 radical (unpaired) electrons. The lowest BCUT2D eigenvalue weighted by atomic mass is 9.87. The molecule has 0 aliphatic heterocycles. The number of hydrogen-bond acceptors (Lipinski definition) is 0. The van der Waals surface area contributed by atoms with Crippen molar-refractivity contribution < 1.29 is 0 Å². The summed E-state index contributed by atoms with van der Waals surface area (Å²) in [6.07, 6.45) is 0. The Labute approximate surface area is 85.2 Å². The maximum atomic E-state index is 5.78. The summed E-state index contributed by atoms with van der Waals surface area (Å²) in [7, 11) is 0. The van der Waals surface area contributed by atoms with E-state index in [4.69, 9.17) is 11.6 Å². The van der Waals surface area contributed by atoms with E-state index in [-0.39, 0.29) is 5.41 Å². The minimum absolute atomic E-state index is 0.201. The molecule has 0 aliphatic carbocycles. The van der Waals surface area contributed by atoms with Crippen LogP contribution in [0.15, 0.2) is 30.8 Å². The van der Waals surface area contributed by atoms with E-state index in [9.17, 15) is 0 Å². The van der Waals surface area contributed by atoms with E-state index in [0.29, 0.717) is 5.03 Å². The first-order valence-corrected chi connectivity index (χ1v) is 4.74. The molecule has 0 aromatic heterocycles. The summed E-state index contributed by atoms with van der Waals surface area (Å²) >= 11 is 5.78. The molecule has 0 aliphatic rings. The summed E-state index contributed by atoms with van der Waals surface area (Å²) in [5.74, 6) is 0. The predicted molar refractivity (Wildman–Crippen MR) is 60.0 cm³/mol. The van der Waals surface area contributed by atoms with Gasteiger partial charge in [0.1, 0.15) is 0 Å². The molecule has 0 saturated heterocycles. The van der Waals surface area contributed by atoms with Gasteiger partial charge in [-0.2, -0.15) is 0 Å². The normalized spacial score (nSPS) is 11.4. The zero-order valence-electron chi connectivity index (χ0n) is 8.39. The molecule has 0 bridgehead atoms. The minimum atomic E-state index is 0.201. The largest absolute Gasteiger partial charge is 0.0843 e. The molecule has 0 unspecified atom stereocenters. The maximum Gasteiger partial charge on any atom is 0.0406 e. The summed E-state index contributed by atoms with van der Waals surface area (Å²) in [5.41, 5.74) is 2.51. The van der Waals surface area contributed by atoms with E-state index in [2.05, 4.69) is 39.5 Å². The highest BCUT2D eigenvalue weighted by Gasteiger charge is 2.12. The topological polar surface area (TPSA) is 0 Å². The van der Waals surface area contributed by atoms with E-state index in [1.165, 1.54) is 5.56 Å². The summed E-state index contributed by atoms with van der Waals surface area (Å²) < 4.78 is 0. The van der Waals surface area contributed by atoms with Crippen molar-refractivity contribution in [3.05, 3.63) is 42.0 Å². The summed E-state index contributed by atoms with van der Waals surface area (Å²) in [5, 5.41) is 0.598. The quantitative estimate of drug-likeness (QED) is 0.629. The molecule has 13 heavy (non-hydrogen) atoms. The molecule has 70 valence electrons. The van der Waals surface area contributed by atoms with E-state index in [1.807, 2.05) is 12.1 Å². The summed E-state index contributed by atoms with van der Waals surface area (Å²) in [6, 6.07) is 8.22. The van der Waals surface area contributed by atoms with Crippen LogP contribution < -0.4 is 0 Å². The van der Waals surface area contributed by atoms with Crippen LogP contribution in [0, 0.1) is 0 Å². The molecule has 1 aromatic carbocycles. The molecule has 0 atom stereocenters. The van der Waals surface area contributed by atoms with Crippen molar-refractivity contribution in [3.63, 3.8) is 0 Å². The van der Waals surface area contributed by atoms with Gasteiger partial charge in [-0.05, 0) is 16.5 Å². The number of rotatable bonds is 1. The zero-order valence-corrected chi connectivity index (χ0v) is 9.15. The third-order valence-corrected chi connectivity index (χ3v) is 2.28. The first kappa shape index (κ1) is 10.3. The van der Waals surface area contributed by atoms with Crippen LogP contribution in [0.3, 0.4) is 0 Å². The number of halogens is 1. The van der Waals surface area contributed by atoms with Gasteiger partial charge in [0, 0.05) is 5.03 Å². The van der Waals surface area contributed by atoms with Crippen LogP contribution in [0.5, 0.6) is 0 Å². The predicted octanol–water partition coefficient (Wildman–Crippen LogP) is 4.19. The van der Waals surface area contributed by atoms with Gasteiger partial charge < -0.3 is 0 Å². The van der Waals surface area contributed by atoms with Crippen LogP contribution in [0.4, 0.5) is 0 Å². The van der Waals surface area contributed by atoms with Gasteiger partial charge in [-0.1, -0.05) is 63.2 Å². The molecule has 0 nitrogen and oxygen atoms in total. The lowest BCUT2D eigenvalue weighted by molar-refractivity contribution is 0.590. The smallest absolute Gasteiger partial charge is 0.0406 e. The van der Waals surface area contributed by atoms with Crippen molar-refractivity contribution >= 4 is 16.6 Å². The molecule has 1 heteroatoms. The Morgan fingerprint density at radius 3 is 1.92 bits per heavy atom. The summed E-state index contributed by atoms with van der Waals surface area (Å²) in [4.78, 5) is 0. The first-order chi connectivity index (χ1) is 5.91. The molecule has 0 amide bonds. The molecule has 0 spiro atoms. The molecular weight excluding hydrogens is 180 g/mol. The van der Waals surface area contributed by atoms with E-state index >= 15 is 0 Å². The average molecular weight is 195 g/mol. The fourth-order valence-corrected chi connectivity index (χ4v) is 1.28. The lowest BCUT2D eigenvalue weighted by Gasteiger charge is -2.18. The minimum Gasteiger partial charge on any atom is -0.0843 e. The van der Waals surface area contributed by atoms with Gasteiger partial charge in [0.15, 0.2) is 0 Å².